The van der Waals surface area contributed by atoms with Gasteiger partial charge in [0.2, 0.25) is 0 Å². The highest BCUT2D eigenvalue weighted by Crippen LogP contribution is 2.29. The van der Waals surface area contributed by atoms with Crippen molar-refractivity contribution in [2.75, 3.05) is 36.3 Å². The number of nitrogens with two attached hydrogens (primary N) is 1. The van der Waals surface area contributed by atoms with Crippen molar-refractivity contribution in [3.8, 4) is 0 Å². The Morgan fingerprint density at radius 2 is 2.00 bits per heavy atom. The van der Waals surface area contributed by atoms with Crippen LogP contribution >= 0.6 is 22.9 Å². The van der Waals surface area contributed by atoms with Gasteiger partial charge in [0.05, 0.1) is 23.5 Å². The van der Waals surface area contributed by atoms with Crippen LogP contribution in [-0.2, 0) is 10.0 Å². The molecule has 13 heteroatoms. The maximum absolute atomic E-state index is 14.4. The second-order valence-corrected chi connectivity index (χ2v) is 9.42. The molecule has 6 N–H and O–H groups in total. The first-order valence-corrected chi connectivity index (χ1v) is 11.9. The molecule has 0 amide bonds. The molecule has 1 aromatic carbocycles. The normalized spacial score (nSPS) is 12.7. The van der Waals surface area contributed by atoms with E-state index in [0.29, 0.717) is 37.4 Å². The summed E-state index contributed by atoms with van der Waals surface area (Å²) >= 11 is 6.59. The number of nitrogens with zero attached hydrogens (tertiary/aromatic N) is 1. The highest BCUT2D eigenvalue weighted by Gasteiger charge is 2.23. The molecule has 0 aliphatic heterocycles. The Hall–Kier alpha value is -1.57. The van der Waals surface area contributed by atoms with E-state index in [4.69, 9.17) is 17.3 Å². The molecular weight excluding hydrogens is 460 g/mol. The topological polar surface area (TPSA) is 129 Å². The number of unbranched alkanes of at least 4 members (excludes halogenated alkanes) is 1. The lowest BCUT2D eigenvalue weighted by molar-refractivity contribution is 0.237. The van der Waals surface area contributed by atoms with Crippen LogP contribution in [0.3, 0.4) is 0 Å². The highest BCUT2D eigenvalue weighted by molar-refractivity contribution is 7.93. The summed E-state index contributed by atoms with van der Waals surface area (Å²) in [6.45, 7) is 1.69. The number of benzene rings is 1. The van der Waals surface area contributed by atoms with Gasteiger partial charge >= 0.3 is 0 Å². The van der Waals surface area contributed by atoms with Crippen LogP contribution in [0.2, 0.25) is 5.02 Å². The smallest absolute Gasteiger partial charge is 0.266 e. The molecule has 1 unspecified atom stereocenters. The standard InChI is InChI=1S/C17H24ClF2N5O3S2/c18-12-7-15(30(27,28)25-17-24-9-16(20)29-17)13(19)8-14(12)23-6-2-1-5-22-11(10-26)3-4-21/h7-9,11,22-23,26H,1-6,10,21H2,(H,24,25). The summed E-state index contributed by atoms with van der Waals surface area (Å²) in [4.78, 5) is 2.89. The number of hydrogen-bond donors (Lipinski definition) is 5. The Labute approximate surface area is 182 Å². The van der Waals surface area contributed by atoms with E-state index in [9.17, 15) is 22.3 Å². The summed E-state index contributed by atoms with van der Waals surface area (Å²) in [5.74, 6) is -0.999. The number of halogens is 3. The van der Waals surface area contributed by atoms with Gasteiger partial charge in [-0.2, -0.15) is 4.39 Å². The van der Waals surface area contributed by atoms with E-state index in [1.165, 1.54) is 0 Å². The molecular formula is C17H24ClF2N5O3S2. The monoisotopic (exact) mass is 483 g/mol. The molecule has 1 atom stereocenters. The number of hydrogen-bond acceptors (Lipinski definition) is 8. The molecule has 0 fully saturated rings. The Kier molecular flexibility index (Phi) is 9.65. The summed E-state index contributed by atoms with van der Waals surface area (Å²) in [5.41, 5.74) is 5.72. The van der Waals surface area contributed by atoms with Gasteiger partial charge in [-0.25, -0.2) is 17.8 Å². The number of anilines is 2. The van der Waals surface area contributed by atoms with E-state index in [1.54, 1.807) is 0 Å². The summed E-state index contributed by atoms with van der Waals surface area (Å²) in [6.07, 6.45) is 3.08. The maximum atomic E-state index is 14.4. The molecule has 0 aliphatic rings. The van der Waals surface area contributed by atoms with Crippen molar-refractivity contribution < 1.29 is 22.3 Å². The average Bonchev–Trinajstić information content (AvgIpc) is 3.09. The van der Waals surface area contributed by atoms with Crippen molar-refractivity contribution in [3.05, 3.63) is 34.3 Å². The first-order chi connectivity index (χ1) is 14.3. The third kappa shape index (κ3) is 7.29. The van der Waals surface area contributed by atoms with Crippen LogP contribution in [0.5, 0.6) is 0 Å². The van der Waals surface area contributed by atoms with Gasteiger partial charge in [-0.1, -0.05) is 22.9 Å². The number of sulfonamides is 1. The molecule has 2 aromatic rings. The molecule has 0 aliphatic carbocycles. The molecule has 0 bridgehead atoms. The van der Waals surface area contributed by atoms with Crippen LogP contribution in [0.4, 0.5) is 19.6 Å². The molecule has 8 nitrogen and oxygen atoms in total. The predicted molar refractivity (Wildman–Crippen MR) is 115 cm³/mol. The van der Waals surface area contributed by atoms with E-state index in [1.807, 2.05) is 4.72 Å². The zero-order chi connectivity index (χ0) is 22.1. The summed E-state index contributed by atoms with van der Waals surface area (Å²) in [7, 11) is -4.31. The van der Waals surface area contributed by atoms with Crippen LogP contribution < -0.4 is 21.1 Å². The molecule has 30 heavy (non-hydrogen) atoms. The largest absolute Gasteiger partial charge is 0.395 e. The number of thiazole rings is 1. The lowest BCUT2D eigenvalue weighted by atomic mass is 10.2. The molecule has 0 saturated heterocycles. The SMILES string of the molecule is NCCC(CO)NCCCCNc1cc(F)c(S(=O)(=O)Nc2ncc(F)s2)cc1Cl. The highest BCUT2D eigenvalue weighted by atomic mass is 35.5. The minimum atomic E-state index is -4.31. The third-order valence-electron chi connectivity index (χ3n) is 4.10. The van der Waals surface area contributed by atoms with Crippen molar-refractivity contribution in [3.63, 3.8) is 0 Å². The van der Waals surface area contributed by atoms with Crippen molar-refractivity contribution in [1.82, 2.24) is 10.3 Å². The second kappa shape index (κ2) is 11.7. The first kappa shape index (κ1) is 24.7. The Balaban J connectivity index is 1.90. The van der Waals surface area contributed by atoms with Crippen LogP contribution in [0.15, 0.2) is 23.2 Å². The van der Waals surface area contributed by atoms with Crippen molar-refractivity contribution in [1.29, 1.82) is 0 Å². The van der Waals surface area contributed by atoms with Gasteiger partial charge in [0.25, 0.3) is 10.0 Å². The third-order valence-corrected chi connectivity index (χ3v) is 6.59. The Morgan fingerprint density at radius 3 is 2.63 bits per heavy atom. The predicted octanol–water partition coefficient (Wildman–Crippen LogP) is 2.37. The molecule has 0 spiro atoms. The molecule has 0 radical (unpaired) electrons. The van der Waals surface area contributed by atoms with E-state index in [-0.39, 0.29) is 28.5 Å². The van der Waals surface area contributed by atoms with Gasteiger partial charge in [0.1, 0.15) is 10.7 Å². The number of nitrogens with one attached hydrogen (secondary N) is 3. The van der Waals surface area contributed by atoms with Gasteiger partial charge in [0.15, 0.2) is 10.3 Å². The van der Waals surface area contributed by atoms with Crippen molar-refractivity contribution >= 4 is 43.8 Å². The van der Waals surface area contributed by atoms with Gasteiger partial charge in [-0.3, -0.25) is 4.72 Å². The fraction of sp³-hybridized carbons (Fsp3) is 0.471. The fourth-order valence-corrected chi connectivity index (χ4v) is 4.75. The summed E-state index contributed by atoms with van der Waals surface area (Å²) in [6, 6.07) is 1.96. The fourth-order valence-electron chi connectivity index (χ4n) is 2.58. The van der Waals surface area contributed by atoms with Gasteiger partial charge in [0, 0.05) is 12.6 Å². The molecule has 1 aromatic heterocycles. The zero-order valence-electron chi connectivity index (χ0n) is 16.0. The van der Waals surface area contributed by atoms with Gasteiger partial charge < -0.3 is 21.5 Å². The van der Waals surface area contributed by atoms with Crippen LogP contribution in [0.25, 0.3) is 0 Å². The van der Waals surface area contributed by atoms with Gasteiger partial charge in [-0.05, 0) is 44.5 Å². The maximum Gasteiger partial charge on any atom is 0.266 e. The molecule has 1 heterocycles. The lowest BCUT2D eigenvalue weighted by Gasteiger charge is -2.15. The number of aliphatic hydroxyl groups excluding tert-OH is 1. The van der Waals surface area contributed by atoms with E-state index >= 15 is 0 Å². The number of aliphatic hydroxyl groups is 1. The first-order valence-electron chi connectivity index (χ1n) is 9.18. The van der Waals surface area contributed by atoms with E-state index in [0.717, 1.165) is 31.2 Å². The minimum Gasteiger partial charge on any atom is -0.395 e. The quantitative estimate of drug-likeness (QED) is 0.276. The number of rotatable bonds is 13. The Bertz CT molecular complexity index is 930. The average molecular weight is 484 g/mol. The van der Waals surface area contributed by atoms with Gasteiger partial charge in [-0.15, -0.1) is 0 Å². The molecule has 2 rings (SSSR count). The Morgan fingerprint density at radius 1 is 1.27 bits per heavy atom. The minimum absolute atomic E-state index is 0.0198. The number of aromatic nitrogens is 1. The van der Waals surface area contributed by atoms with Crippen molar-refractivity contribution in [2.24, 2.45) is 5.73 Å². The van der Waals surface area contributed by atoms with E-state index < -0.39 is 25.9 Å². The van der Waals surface area contributed by atoms with Crippen molar-refractivity contribution in [2.45, 2.75) is 30.2 Å². The second-order valence-electron chi connectivity index (χ2n) is 6.38. The lowest BCUT2D eigenvalue weighted by Crippen LogP contribution is -2.35. The summed E-state index contributed by atoms with van der Waals surface area (Å²) < 4.78 is 54.1. The van der Waals surface area contributed by atoms with Crippen LogP contribution in [-0.4, -0.2) is 50.8 Å². The van der Waals surface area contributed by atoms with Crippen LogP contribution in [0, 0.1) is 10.9 Å². The summed E-state index contributed by atoms with van der Waals surface area (Å²) in [5, 5.41) is 14.5. The molecule has 0 saturated carbocycles. The van der Waals surface area contributed by atoms with Crippen LogP contribution in [0.1, 0.15) is 19.3 Å². The molecule has 168 valence electrons. The van der Waals surface area contributed by atoms with E-state index in [2.05, 4.69) is 15.6 Å². The zero-order valence-corrected chi connectivity index (χ0v) is 18.4.